The fourth-order valence-electron chi connectivity index (χ4n) is 1.34. The summed E-state index contributed by atoms with van der Waals surface area (Å²) in [5.74, 6) is 0.601. The van der Waals surface area contributed by atoms with Gasteiger partial charge < -0.3 is 5.11 Å². The maximum atomic E-state index is 9.51. The average Bonchev–Trinajstić information content (AvgIpc) is 2.99. The first-order chi connectivity index (χ1) is 6.36. The largest absolute Gasteiger partial charge is 0.512 e. The third-order valence-corrected chi connectivity index (χ3v) is 2.28. The van der Waals surface area contributed by atoms with Gasteiger partial charge in [-0.2, -0.15) is 0 Å². The molecule has 1 aliphatic carbocycles. The molecule has 0 spiro atoms. The van der Waals surface area contributed by atoms with Crippen molar-refractivity contribution >= 4 is 0 Å². The van der Waals surface area contributed by atoms with Crippen LogP contribution in [-0.4, -0.2) is 10.1 Å². The van der Waals surface area contributed by atoms with Gasteiger partial charge in [0.05, 0.1) is 5.76 Å². The smallest absolute Gasteiger partial charge is 0.0918 e. The second-order valence-electron chi connectivity index (χ2n) is 3.41. The van der Waals surface area contributed by atoms with Crippen LogP contribution in [0.5, 0.6) is 0 Å². The van der Waals surface area contributed by atoms with Crippen LogP contribution in [0.15, 0.2) is 35.9 Å². The Kier molecular flexibility index (Phi) is 2.30. The van der Waals surface area contributed by atoms with E-state index in [2.05, 4.69) is 4.98 Å². The first-order valence-electron chi connectivity index (χ1n) is 4.65. The van der Waals surface area contributed by atoms with Crippen LogP contribution in [-0.2, 0) is 6.42 Å². The van der Waals surface area contributed by atoms with E-state index in [1.807, 2.05) is 18.3 Å². The van der Waals surface area contributed by atoms with Gasteiger partial charge in [-0.3, -0.25) is 4.98 Å². The molecule has 0 aliphatic heterocycles. The molecule has 1 N–H and O–H groups in total. The highest BCUT2D eigenvalue weighted by molar-refractivity contribution is 5.21. The Bertz CT molecular complexity index is 310. The van der Waals surface area contributed by atoms with Gasteiger partial charge in [0.25, 0.3) is 0 Å². The van der Waals surface area contributed by atoms with E-state index in [-0.39, 0.29) is 0 Å². The van der Waals surface area contributed by atoms with Crippen LogP contribution >= 0.6 is 0 Å². The summed E-state index contributed by atoms with van der Waals surface area (Å²) in [6.45, 7) is 0. The Morgan fingerprint density at radius 3 is 2.92 bits per heavy atom. The van der Waals surface area contributed by atoms with Gasteiger partial charge in [0.1, 0.15) is 0 Å². The zero-order valence-electron chi connectivity index (χ0n) is 7.53. The highest BCUT2D eigenvalue weighted by atomic mass is 16.3. The summed E-state index contributed by atoms with van der Waals surface area (Å²) >= 11 is 0. The highest BCUT2D eigenvalue weighted by Gasteiger charge is 2.16. The van der Waals surface area contributed by atoms with Crippen molar-refractivity contribution in [2.75, 3.05) is 0 Å². The number of hydrogen-bond acceptors (Lipinski definition) is 2. The molecule has 2 nitrogen and oxygen atoms in total. The van der Waals surface area contributed by atoms with E-state index in [0.29, 0.717) is 5.76 Å². The number of aryl methyl sites for hydroxylation is 1. The molecule has 68 valence electrons. The van der Waals surface area contributed by atoms with Gasteiger partial charge in [-0.25, -0.2) is 0 Å². The number of aromatic nitrogens is 1. The van der Waals surface area contributed by atoms with Crippen molar-refractivity contribution in [1.82, 2.24) is 4.98 Å². The molecule has 0 aromatic carbocycles. The number of rotatable bonds is 3. The number of hydrogen-bond donors (Lipinski definition) is 1. The zero-order valence-corrected chi connectivity index (χ0v) is 7.53. The van der Waals surface area contributed by atoms with Crippen LogP contribution in [0.2, 0.25) is 0 Å². The van der Waals surface area contributed by atoms with E-state index in [1.165, 1.54) is 11.1 Å². The van der Waals surface area contributed by atoms with E-state index in [1.54, 1.807) is 6.20 Å². The highest BCUT2D eigenvalue weighted by Crippen LogP contribution is 2.31. The SMILES string of the molecule is OC(CCc1cccnc1)=C1CC1. The van der Waals surface area contributed by atoms with Gasteiger partial charge in [-0.1, -0.05) is 6.07 Å². The Balaban J connectivity index is 1.90. The van der Waals surface area contributed by atoms with Crippen LogP contribution in [0.4, 0.5) is 0 Å². The third kappa shape index (κ3) is 2.31. The van der Waals surface area contributed by atoms with Crippen LogP contribution in [0.25, 0.3) is 0 Å². The second kappa shape index (κ2) is 3.60. The van der Waals surface area contributed by atoms with E-state index in [0.717, 1.165) is 25.7 Å². The van der Waals surface area contributed by atoms with Gasteiger partial charge in [-0.15, -0.1) is 0 Å². The summed E-state index contributed by atoms with van der Waals surface area (Å²) < 4.78 is 0. The normalized spacial score (nSPS) is 14.3. The summed E-state index contributed by atoms with van der Waals surface area (Å²) in [4.78, 5) is 4.03. The molecule has 1 aliphatic rings. The summed E-state index contributed by atoms with van der Waals surface area (Å²) in [6.07, 6.45) is 7.47. The van der Waals surface area contributed by atoms with Gasteiger partial charge >= 0.3 is 0 Å². The number of aliphatic hydroxyl groups is 1. The molecule has 1 fully saturated rings. The Hall–Kier alpha value is -1.31. The average molecular weight is 175 g/mol. The van der Waals surface area contributed by atoms with Crippen LogP contribution < -0.4 is 0 Å². The quantitative estimate of drug-likeness (QED) is 0.716. The minimum absolute atomic E-state index is 0.601. The lowest BCUT2D eigenvalue weighted by Gasteiger charge is -1.99. The zero-order chi connectivity index (χ0) is 9.10. The molecule has 1 saturated carbocycles. The summed E-state index contributed by atoms with van der Waals surface area (Å²) in [7, 11) is 0. The molecule has 0 amide bonds. The molecule has 0 unspecified atom stereocenters. The number of allylic oxidation sites excluding steroid dienone is 2. The van der Waals surface area contributed by atoms with Gasteiger partial charge in [0.2, 0.25) is 0 Å². The molecule has 0 saturated heterocycles. The second-order valence-corrected chi connectivity index (χ2v) is 3.41. The van der Waals surface area contributed by atoms with Crippen LogP contribution in [0.3, 0.4) is 0 Å². The fourth-order valence-corrected chi connectivity index (χ4v) is 1.34. The molecule has 13 heavy (non-hydrogen) atoms. The molecule has 0 bridgehead atoms. The van der Waals surface area contributed by atoms with Gasteiger partial charge in [-0.05, 0) is 36.5 Å². The van der Waals surface area contributed by atoms with E-state index >= 15 is 0 Å². The van der Waals surface area contributed by atoms with E-state index in [4.69, 9.17) is 0 Å². The fraction of sp³-hybridized carbons (Fsp3) is 0.364. The lowest BCUT2D eigenvalue weighted by Crippen LogP contribution is -1.89. The molecular formula is C11H13NO. The van der Waals surface area contributed by atoms with E-state index in [9.17, 15) is 5.11 Å². The molecule has 0 radical (unpaired) electrons. The van der Waals surface area contributed by atoms with Crippen molar-refractivity contribution < 1.29 is 5.11 Å². The molecule has 0 atom stereocenters. The molecule has 1 heterocycles. The standard InChI is InChI=1S/C11H13NO/c13-11(10-4-5-10)6-3-9-2-1-7-12-8-9/h1-2,7-8,13H,3-6H2. The van der Waals surface area contributed by atoms with Crippen LogP contribution in [0, 0.1) is 0 Å². The Morgan fingerprint density at radius 1 is 1.46 bits per heavy atom. The van der Waals surface area contributed by atoms with Gasteiger partial charge in [0, 0.05) is 18.8 Å². The topological polar surface area (TPSA) is 33.1 Å². The number of pyridine rings is 1. The van der Waals surface area contributed by atoms with Crippen molar-refractivity contribution in [3.05, 3.63) is 41.4 Å². The Labute approximate surface area is 77.9 Å². The summed E-state index contributed by atoms with van der Waals surface area (Å²) in [6, 6.07) is 3.97. The lowest BCUT2D eigenvalue weighted by molar-refractivity contribution is 0.385. The lowest BCUT2D eigenvalue weighted by atomic mass is 10.1. The maximum absolute atomic E-state index is 9.51. The predicted molar refractivity (Wildman–Crippen MR) is 51.4 cm³/mol. The van der Waals surface area contributed by atoms with Crippen molar-refractivity contribution in [1.29, 1.82) is 0 Å². The molecular weight excluding hydrogens is 162 g/mol. The molecule has 2 rings (SSSR count). The monoisotopic (exact) mass is 175 g/mol. The molecule has 2 heteroatoms. The third-order valence-electron chi connectivity index (χ3n) is 2.28. The Morgan fingerprint density at radius 2 is 2.31 bits per heavy atom. The van der Waals surface area contributed by atoms with Crippen molar-refractivity contribution in [2.24, 2.45) is 0 Å². The van der Waals surface area contributed by atoms with Crippen molar-refractivity contribution in [2.45, 2.75) is 25.7 Å². The number of nitrogens with zero attached hydrogens (tertiary/aromatic N) is 1. The van der Waals surface area contributed by atoms with Gasteiger partial charge in [0.15, 0.2) is 0 Å². The van der Waals surface area contributed by atoms with Crippen LogP contribution in [0.1, 0.15) is 24.8 Å². The summed E-state index contributed by atoms with van der Waals surface area (Å²) in [5, 5.41) is 9.51. The maximum Gasteiger partial charge on any atom is 0.0918 e. The predicted octanol–water partition coefficient (Wildman–Crippen LogP) is 2.62. The molecule has 1 aromatic heterocycles. The van der Waals surface area contributed by atoms with Crippen molar-refractivity contribution in [3.63, 3.8) is 0 Å². The first-order valence-corrected chi connectivity index (χ1v) is 4.65. The minimum Gasteiger partial charge on any atom is -0.512 e. The molecule has 1 aromatic rings. The van der Waals surface area contributed by atoms with Crippen molar-refractivity contribution in [3.8, 4) is 0 Å². The van der Waals surface area contributed by atoms with E-state index < -0.39 is 0 Å². The first kappa shape index (κ1) is 8.30. The number of aliphatic hydroxyl groups excluding tert-OH is 1. The summed E-state index contributed by atoms with van der Waals surface area (Å²) in [5.41, 5.74) is 2.43. The minimum atomic E-state index is 0.601.